The first kappa shape index (κ1) is 16.6. The molecule has 1 amide bonds. The van der Waals surface area contributed by atoms with Crippen LogP contribution in [0.15, 0.2) is 60.7 Å². The average Bonchev–Trinajstić information content (AvgIpc) is 2.98. The summed E-state index contributed by atoms with van der Waals surface area (Å²) in [6.07, 6.45) is 0.138. The average molecular weight is 351 g/mol. The fraction of sp³-hybridized carbons (Fsp3) is 0.333. The van der Waals surface area contributed by atoms with E-state index in [1.807, 2.05) is 60.7 Å². The summed E-state index contributed by atoms with van der Waals surface area (Å²) in [5.41, 5.74) is 1.88. The summed E-state index contributed by atoms with van der Waals surface area (Å²) in [4.78, 5) is 26.0. The van der Waals surface area contributed by atoms with Crippen molar-refractivity contribution in [1.82, 2.24) is 4.90 Å². The summed E-state index contributed by atoms with van der Waals surface area (Å²) < 4.78 is 11.2. The van der Waals surface area contributed by atoms with Crippen LogP contribution in [0.2, 0.25) is 0 Å². The molecule has 0 aromatic heterocycles. The Bertz CT molecular complexity index is 738. The SMILES string of the molecule is O=C(CC1CCN2C[C@@H]1OC2=O)OC(c1ccccc1)c1ccccc1. The van der Waals surface area contributed by atoms with Gasteiger partial charge >= 0.3 is 12.1 Å². The monoisotopic (exact) mass is 351 g/mol. The van der Waals surface area contributed by atoms with Crippen molar-refractivity contribution in [2.24, 2.45) is 5.92 Å². The Morgan fingerprint density at radius 2 is 1.69 bits per heavy atom. The van der Waals surface area contributed by atoms with Crippen molar-refractivity contribution in [2.45, 2.75) is 25.0 Å². The van der Waals surface area contributed by atoms with Crippen LogP contribution < -0.4 is 0 Å². The molecule has 5 nitrogen and oxygen atoms in total. The lowest BCUT2D eigenvalue weighted by Crippen LogP contribution is -2.37. The third kappa shape index (κ3) is 3.43. The number of fused-ring (bicyclic) bond motifs is 2. The highest BCUT2D eigenvalue weighted by Crippen LogP contribution is 2.32. The van der Waals surface area contributed by atoms with Gasteiger partial charge in [0.2, 0.25) is 0 Å². The van der Waals surface area contributed by atoms with Gasteiger partial charge in [-0.25, -0.2) is 4.79 Å². The van der Waals surface area contributed by atoms with Crippen LogP contribution in [0.1, 0.15) is 30.1 Å². The number of hydrogen-bond donors (Lipinski definition) is 0. The van der Waals surface area contributed by atoms with E-state index in [9.17, 15) is 9.59 Å². The molecule has 2 aliphatic rings. The molecular formula is C21H21NO4. The molecule has 26 heavy (non-hydrogen) atoms. The maximum atomic E-state index is 12.6. The highest BCUT2D eigenvalue weighted by atomic mass is 16.6. The molecule has 5 heteroatoms. The third-order valence-electron chi connectivity index (χ3n) is 5.09. The minimum atomic E-state index is -0.434. The number of ether oxygens (including phenoxy) is 2. The van der Waals surface area contributed by atoms with Gasteiger partial charge in [0.1, 0.15) is 6.10 Å². The Balaban J connectivity index is 1.47. The van der Waals surface area contributed by atoms with E-state index in [1.54, 1.807) is 4.90 Å². The summed E-state index contributed by atoms with van der Waals surface area (Å²) in [5.74, 6) is -0.235. The summed E-state index contributed by atoms with van der Waals surface area (Å²) in [6, 6.07) is 19.5. The van der Waals surface area contributed by atoms with Gasteiger partial charge in [0.25, 0.3) is 0 Å². The topological polar surface area (TPSA) is 55.8 Å². The summed E-state index contributed by atoms with van der Waals surface area (Å²) in [6.45, 7) is 1.23. The van der Waals surface area contributed by atoms with E-state index in [-0.39, 0.29) is 30.5 Å². The highest BCUT2D eigenvalue weighted by Gasteiger charge is 2.42. The maximum absolute atomic E-state index is 12.6. The third-order valence-corrected chi connectivity index (χ3v) is 5.09. The number of esters is 1. The van der Waals surface area contributed by atoms with Gasteiger partial charge in [-0.1, -0.05) is 60.7 Å². The standard InChI is InChI=1S/C21H21NO4/c23-19(13-17-11-12-22-14-18(17)25-21(22)24)26-20(15-7-3-1-4-8-15)16-9-5-2-6-10-16/h1-10,17-18,20H,11-14H2/t17?,18-/m0/s1. The van der Waals surface area contributed by atoms with E-state index in [0.717, 1.165) is 17.5 Å². The summed E-state index contributed by atoms with van der Waals surface area (Å²) in [7, 11) is 0. The van der Waals surface area contributed by atoms with Gasteiger partial charge in [0.15, 0.2) is 6.10 Å². The van der Waals surface area contributed by atoms with E-state index in [2.05, 4.69) is 0 Å². The Kier molecular flexibility index (Phi) is 4.61. The molecule has 2 fully saturated rings. The molecule has 134 valence electrons. The van der Waals surface area contributed by atoms with Crippen LogP contribution in [-0.4, -0.2) is 36.2 Å². The van der Waals surface area contributed by atoms with Crippen LogP contribution in [0.3, 0.4) is 0 Å². The first-order valence-electron chi connectivity index (χ1n) is 8.95. The molecule has 4 rings (SSSR count). The molecule has 0 aliphatic carbocycles. The zero-order chi connectivity index (χ0) is 17.9. The molecule has 2 aromatic rings. The van der Waals surface area contributed by atoms with Crippen molar-refractivity contribution < 1.29 is 19.1 Å². The summed E-state index contributed by atoms with van der Waals surface area (Å²) in [5, 5.41) is 0. The normalized spacial score (nSPS) is 21.6. The number of amides is 1. The zero-order valence-corrected chi connectivity index (χ0v) is 14.4. The number of benzene rings is 2. The zero-order valence-electron chi connectivity index (χ0n) is 14.4. The van der Waals surface area contributed by atoms with E-state index in [4.69, 9.17) is 9.47 Å². The van der Waals surface area contributed by atoms with Crippen molar-refractivity contribution in [3.63, 3.8) is 0 Å². The first-order chi connectivity index (χ1) is 12.7. The van der Waals surface area contributed by atoms with Crippen LogP contribution in [-0.2, 0) is 14.3 Å². The molecule has 0 radical (unpaired) electrons. The predicted octanol–water partition coefficient (Wildman–Crippen LogP) is 3.55. The number of hydrogen-bond acceptors (Lipinski definition) is 4. The minimum absolute atomic E-state index is 0.0254. The maximum Gasteiger partial charge on any atom is 0.410 e. The second-order valence-electron chi connectivity index (χ2n) is 6.81. The number of carbonyl (C=O) groups is 2. The fourth-order valence-electron chi connectivity index (χ4n) is 3.68. The van der Waals surface area contributed by atoms with Gasteiger partial charge in [0.05, 0.1) is 13.0 Å². The fourth-order valence-corrected chi connectivity index (χ4v) is 3.68. The lowest BCUT2D eigenvalue weighted by Gasteiger charge is -2.27. The van der Waals surface area contributed by atoms with Crippen LogP contribution in [0.25, 0.3) is 0 Å². The van der Waals surface area contributed by atoms with Crippen LogP contribution in [0.4, 0.5) is 4.79 Å². The predicted molar refractivity (Wildman–Crippen MR) is 95.4 cm³/mol. The van der Waals surface area contributed by atoms with Gasteiger partial charge in [-0.2, -0.15) is 0 Å². The van der Waals surface area contributed by atoms with Gasteiger partial charge in [-0.15, -0.1) is 0 Å². The van der Waals surface area contributed by atoms with Gasteiger partial charge in [0, 0.05) is 12.5 Å². The van der Waals surface area contributed by atoms with Crippen molar-refractivity contribution >= 4 is 12.1 Å². The smallest absolute Gasteiger partial charge is 0.410 e. The minimum Gasteiger partial charge on any atom is -0.453 e. The van der Waals surface area contributed by atoms with Gasteiger partial charge in [-0.05, 0) is 17.5 Å². The highest BCUT2D eigenvalue weighted by molar-refractivity contribution is 5.72. The quantitative estimate of drug-likeness (QED) is 0.773. The van der Waals surface area contributed by atoms with Gasteiger partial charge in [-0.3, -0.25) is 4.79 Å². The Morgan fingerprint density at radius 3 is 2.31 bits per heavy atom. The molecule has 2 bridgehead atoms. The molecule has 2 aliphatic heterocycles. The largest absolute Gasteiger partial charge is 0.453 e. The number of carbonyl (C=O) groups excluding carboxylic acids is 2. The van der Waals surface area contributed by atoms with Crippen LogP contribution in [0.5, 0.6) is 0 Å². The number of piperidine rings is 1. The van der Waals surface area contributed by atoms with Crippen LogP contribution >= 0.6 is 0 Å². The number of nitrogens with zero attached hydrogens (tertiary/aromatic N) is 1. The Morgan fingerprint density at radius 1 is 1.08 bits per heavy atom. The van der Waals surface area contributed by atoms with Crippen molar-refractivity contribution in [1.29, 1.82) is 0 Å². The van der Waals surface area contributed by atoms with Gasteiger partial charge < -0.3 is 14.4 Å². The van der Waals surface area contributed by atoms with Crippen molar-refractivity contribution in [3.05, 3.63) is 71.8 Å². The molecular weight excluding hydrogens is 330 g/mol. The second-order valence-corrected chi connectivity index (χ2v) is 6.81. The lowest BCUT2D eigenvalue weighted by molar-refractivity contribution is -0.149. The van der Waals surface area contributed by atoms with Crippen LogP contribution in [0, 0.1) is 5.92 Å². The Hall–Kier alpha value is -2.82. The molecule has 2 heterocycles. The summed E-state index contributed by atoms with van der Waals surface area (Å²) >= 11 is 0. The van der Waals surface area contributed by atoms with Crippen molar-refractivity contribution in [2.75, 3.05) is 13.1 Å². The molecule has 0 spiro atoms. The van der Waals surface area contributed by atoms with E-state index in [0.29, 0.717) is 13.1 Å². The molecule has 2 aromatic carbocycles. The number of rotatable bonds is 5. The molecule has 2 atom stereocenters. The van der Waals surface area contributed by atoms with E-state index in [1.165, 1.54) is 0 Å². The molecule has 0 saturated carbocycles. The van der Waals surface area contributed by atoms with E-state index < -0.39 is 6.10 Å². The van der Waals surface area contributed by atoms with Crippen molar-refractivity contribution in [3.8, 4) is 0 Å². The lowest BCUT2D eigenvalue weighted by atomic mass is 9.91. The second kappa shape index (κ2) is 7.20. The first-order valence-corrected chi connectivity index (χ1v) is 8.95. The Labute approximate surface area is 152 Å². The molecule has 0 N–H and O–H groups in total. The molecule has 1 unspecified atom stereocenters. The van der Waals surface area contributed by atoms with E-state index >= 15 is 0 Å². The molecule has 2 saturated heterocycles.